The second kappa shape index (κ2) is 10.9. The van der Waals surface area contributed by atoms with E-state index < -0.39 is 0 Å². The summed E-state index contributed by atoms with van der Waals surface area (Å²) in [6.07, 6.45) is 4.96. The predicted octanol–water partition coefficient (Wildman–Crippen LogP) is 3.92. The van der Waals surface area contributed by atoms with E-state index in [0.29, 0.717) is 29.7 Å². The van der Waals surface area contributed by atoms with E-state index in [1.54, 1.807) is 19.5 Å². The number of carbonyl (C=O) groups is 1. The number of carbonyl (C=O) groups excluding carboxylic acids is 1. The summed E-state index contributed by atoms with van der Waals surface area (Å²) in [5.41, 5.74) is 4.00. The molecule has 0 fully saturated rings. The number of benzene rings is 2. The van der Waals surface area contributed by atoms with Crippen LogP contribution in [0.2, 0.25) is 0 Å². The van der Waals surface area contributed by atoms with Gasteiger partial charge in [-0.05, 0) is 68.9 Å². The summed E-state index contributed by atoms with van der Waals surface area (Å²) in [7, 11) is 7.39. The number of likely N-dealkylation sites (N-methyl/N-ethyl adjacent to an activating group) is 1. The van der Waals surface area contributed by atoms with Crippen molar-refractivity contribution in [2.24, 2.45) is 4.99 Å². The fourth-order valence-corrected chi connectivity index (χ4v) is 3.47. The van der Waals surface area contributed by atoms with Crippen LogP contribution in [0.25, 0.3) is 10.9 Å². The van der Waals surface area contributed by atoms with Crippen molar-refractivity contribution in [3.8, 4) is 17.6 Å². The highest BCUT2D eigenvalue weighted by Crippen LogP contribution is 2.30. The molecule has 9 nitrogen and oxygen atoms in total. The first-order valence-electron chi connectivity index (χ1n) is 11.6. The predicted molar refractivity (Wildman–Crippen MR) is 148 cm³/mol. The number of aliphatic imine (C=N–C) groups is 1. The van der Waals surface area contributed by atoms with Gasteiger partial charge in [-0.25, -0.2) is 15.0 Å². The third-order valence-corrected chi connectivity index (χ3v) is 5.65. The molecular formula is C28H29N7O2. The molecule has 0 radical (unpaired) electrons. The summed E-state index contributed by atoms with van der Waals surface area (Å²) in [5.74, 6) is 7.06. The van der Waals surface area contributed by atoms with Gasteiger partial charge in [0.15, 0.2) is 0 Å². The lowest BCUT2D eigenvalue weighted by molar-refractivity contribution is -0.113. The minimum absolute atomic E-state index is 0.286. The van der Waals surface area contributed by atoms with Crippen LogP contribution in [0.15, 0.2) is 72.0 Å². The maximum absolute atomic E-state index is 12.5. The number of aryl methyl sites for hydroxylation is 1. The number of aromatic nitrogens is 2. The van der Waals surface area contributed by atoms with Crippen molar-refractivity contribution in [2.45, 2.75) is 6.92 Å². The number of nitrogens with zero attached hydrogens (tertiary/aromatic N) is 6. The first-order chi connectivity index (χ1) is 17.7. The molecule has 1 aromatic heterocycles. The Labute approximate surface area is 216 Å². The van der Waals surface area contributed by atoms with Crippen LogP contribution < -0.4 is 15.0 Å². The standard InChI is InChI=1S/C28H29N7O2/c1-19-14-21(9-12-25(19)37-26-15-20(2)34(5)18-31-26)32-28-23-16-22(10-11-24(23)29-17-30-28)35(6)27(36)8-7-13-33(3)4/h9-12,14-18H,2,13H2,1,3-6H3,(H,29,30,32). The van der Waals surface area contributed by atoms with Crippen LogP contribution in [0.5, 0.6) is 5.75 Å². The number of fused-ring (bicyclic) bond motifs is 1. The maximum Gasteiger partial charge on any atom is 0.302 e. The molecule has 9 heteroatoms. The van der Waals surface area contributed by atoms with E-state index in [4.69, 9.17) is 4.74 Å². The molecule has 1 aliphatic rings. The zero-order valence-corrected chi connectivity index (χ0v) is 21.6. The van der Waals surface area contributed by atoms with Gasteiger partial charge in [0.2, 0.25) is 5.88 Å². The van der Waals surface area contributed by atoms with Crippen molar-refractivity contribution in [3.05, 3.63) is 72.5 Å². The summed E-state index contributed by atoms with van der Waals surface area (Å²) in [4.78, 5) is 30.9. The van der Waals surface area contributed by atoms with Gasteiger partial charge in [-0.1, -0.05) is 12.5 Å². The van der Waals surface area contributed by atoms with Gasteiger partial charge in [-0.3, -0.25) is 9.69 Å². The Hall–Kier alpha value is -4.68. The quantitative estimate of drug-likeness (QED) is 0.519. The zero-order chi connectivity index (χ0) is 26.5. The Morgan fingerprint density at radius 1 is 1.16 bits per heavy atom. The summed E-state index contributed by atoms with van der Waals surface area (Å²) < 4.78 is 5.96. The fourth-order valence-electron chi connectivity index (χ4n) is 3.47. The van der Waals surface area contributed by atoms with Crippen molar-refractivity contribution >= 4 is 40.3 Å². The van der Waals surface area contributed by atoms with Gasteiger partial charge >= 0.3 is 5.91 Å². The zero-order valence-electron chi connectivity index (χ0n) is 21.6. The van der Waals surface area contributed by atoms with E-state index in [1.807, 2.05) is 74.3 Å². The smallest absolute Gasteiger partial charge is 0.302 e. The summed E-state index contributed by atoms with van der Waals surface area (Å²) >= 11 is 0. The third-order valence-electron chi connectivity index (χ3n) is 5.65. The van der Waals surface area contributed by atoms with Crippen LogP contribution >= 0.6 is 0 Å². The van der Waals surface area contributed by atoms with Crippen LogP contribution in [0, 0.1) is 18.8 Å². The van der Waals surface area contributed by atoms with Crippen LogP contribution in [0.4, 0.5) is 17.2 Å². The van der Waals surface area contributed by atoms with Crippen molar-refractivity contribution in [2.75, 3.05) is 45.0 Å². The molecule has 4 rings (SSSR count). The fraction of sp³-hybridized carbons (Fsp3) is 0.214. The molecule has 1 aliphatic heterocycles. The highest BCUT2D eigenvalue weighted by atomic mass is 16.5. The van der Waals surface area contributed by atoms with E-state index in [2.05, 4.69) is 38.7 Å². The highest BCUT2D eigenvalue weighted by molar-refractivity contribution is 6.06. The average molecular weight is 496 g/mol. The van der Waals surface area contributed by atoms with Crippen molar-refractivity contribution in [1.29, 1.82) is 0 Å². The second-order valence-electron chi connectivity index (χ2n) is 8.86. The van der Waals surface area contributed by atoms with Gasteiger partial charge in [-0.2, -0.15) is 0 Å². The molecule has 1 amide bonds. The molecule has 0 saturated heterocycles. The van der Waals surface area contributed by atoms with Crippen LogP contribution in [0.3, 0.4) is 0 Å². The minimum atomic E-state index is -0.286. The molecule has 1 N–H and O–H groups in total. The number of ether oxygens (including phenoxy) is 1. The van der Waals surface area contributed by atoms with Gasteiger partial charge in [0.25, 0.3) is 0 Å². The Morgan fingerprint density at radius 2 is 1.97 bits per heavy atom. The highest BCUT2D eigenvalue weighted by Gasteiger charge is 2.13. The van der Waals surface area contributed by atoms with E-state index >= 15 is 0 Å². The Kier molecular flexibility index (Phi) is 7.51. The molecule has 0 saturated carbocycles. The number of anilines is 3. The lowest BCUT2D eigenvalue weighted by Crippen LogP contribution is -2.24. The van der Waals surface area contributed by atoms with Gasteiger partial charge in [0.05, 0.1) is 18.4 Å². The summed E-state index contributed by atoms with van der Waals surface area (Å²) in [6.45, 7) is 6.44. The SMILES string of the molecule is C=C1C=C(Oc2ccc(Nc3ncnc4ccc(N(C)C(=O)C#CCN(C)C)cc34)cc2C)N=CN1C. The maximum atomic E-state index is 12.5. The molecule has 0 spiro atoms. The molecule has 0 bridgehead atoms. The van der Waals surface area contributed by atoms with E-state index in [1.165, 1.54) is 11.2 Å². The molecule has 2 heterocycles. The lowest BCUT2D eigenvalue weighted by atomic mass is 10.1. The number of hydrogen-bond donors (Lipinski definition) is 1. The van der Waals surface area contributed by atoms with E-state index in [-0.39, 0.29) is 5.91 Å². The van der Waals surface area contributed by atoms with Gasteiger partial charge in [0.1, 0.15) is 17.9 Å². The number of rotatable bonds is 6. The average Bonchev–Trinajstić information content (AvgIpc) is 2.87. The summed E-state index contributed by atoms with van der Waals surface area (Å²) in [5, 5.41) is 4.15. The van der Waals surface area contributed by atoms with E-state index in [9.17, 15) is 4.79 Å². The number of amides is 1. The first kappa shape index (κ1) is 25.4. The van der Waals surface area contributed by atoms with Gasteiger partial charge in [-0.15, -0.1) is 0 Å². The largest absolute Gasteiger partial charge is 0.439 e. The van der Waals surface area contributed by atoms with Crippen molar-refractivity contribution in [1.82, 2.24) is 19.8 Å². The lowest BCUT2D eigenvalue weighted by Gasteiger charge is -2.19. The van der Waals surface area contributed by atoms with E-state index in [0.717, 1.165) is 27.9 Å². The molecule has 37 heavy (non-hydrogen) atoms. The first-order valence-corrected chi connectivity index (χ1v) is 11.6. The monoisotopic (exact) mass is 495 g/mol. The molecular weight excluding hydrogens is 466 g/mol. The number of allylic oxidation sites excluding steroid dienone is 1. The molecule has 188 valence electrons. The molecule has 2 aromatic carbocycles. The van der Waals surface area contributed by atoms with Crippen LogP contribution in [0.1, 0.15) is 5.56 Å². The molecule has 0 atom stereocenters. The Balaban J connectivity index is 1.55. The Bertz CT molecular complexity index is 1480. The molecule has 0 aliphatic carbocycles. The molecule has 3 aromatic rings. The van der Waals surface area contributed by atoms with Crippen LogP contribution in [-0.2, 0) is 4.79 Å². The third kappa shape index (κ3) is 6.12. The second-order valence-corrected chi connectivity index (χ2v) is 8.86. The summed E-state index contributed by atoms with van der Waals surface area (Å²) in [6, 6.07) is 11.3. The topological polar surface area (TPSA) is 86.2 Å². The van der Waals surface area contributed by atoms with Crippen LogP contribution in [-0.4, -0.2) is 66.7 Å². The van der Waals surface area contributed by atoms with Crippen molar-refractivity contribution < 1.29 is 9.53 Å². The molecule has 0 unspecified atom stereocenters. The van der Waals surface area contributed by atoms with Gasteiger partial charge in [0, 0.05) is 42.6 Å². The van der Waals surface area contributed by atoms with Gasteiger partial charge < -0.3 is 19.9 Å². The number of hydrogen-bond acceptors (Lipinski definition) is 8. The van der Waals surface area contributed by atoms with Crippen molar-refractivity contribution in [3.63, 3.8) is 0 Å². The minimum Gasteiger partial charge on any atom is -0.439 e. The Morgan fingerprint density at radius 3 is 2.70 bits per heavy atom. The number of nitrogens with one attached hydrogen (secondary N) is 1. The normalized spacial score (nSPS) is 12.8.